The van der Waals surface area contributed by atoms with Gasteiger partial charge in [0.1, 0.15) is 11.5 Å². The monoisotopic (exact) mass is 264 g/mol. The molecule has 0 aliphatic heterocycles. The molecule has 0 aromatic carbocycles. The standard InChI is InChI=1S/C12H16N4O3/c1-7-5-11(15-18-7)13-12(17)16(4)6-10-8(2)14-19-9(10)3/h5H,6H2,1-4H3,(H,13,15,17). The SMILES string of the molecule is Cc1cc(NC(=O)N(C)Cc2c(C)noc2C)no1. The molecular formula is C12H16N4O3. The van der Waals surface area contributed by atoms with Crippen molar-refractivity contribution >= 4 is 11.8 Å². The van der Waals surface area contributed by atoms with Crippen molar-refractivity contribution in [3.8, 4) is 0 Å². The van der Waals surface area contributed by atoms with Crippen LogP contribution in [0, 0.1) is 20.8 Å². The normalized spacial score (nSPS) is 10.5. The fourth-order valence-corrected chi connectivity index (χ4v) is 1.67. The van der Waals surface area contributed by atoms with Gasteiger partial charge in [-0.15, -0.1) is 0 Å². The van der Waals surface area contributed by atoms with Crippen LogP contribution in [-0.4, -0.2) is 28.3 Å². The van der Waals surface area contributed by atoms with E-state index in [1.165, 1.54) is 4.90 Å². The van der Waals surface area contributed by atoms with Crippen LogP contribution in [0.3, 0.4) is 0 Å². The number of carbonyl (C=O) groups excluding carboxylic acids is 1. The predicted octanol–water partition coefficient (Wildman–Crippen LogP) is 2.25. The maximum atomic E-state index is 12.0. The minimum atomic E-state index is -0.270. The molecule has 2 aromatic heterocycles. The molecule has 2 heterocycles. The van der Waals surface area contributed by atoms with Crippen LogP contribution in [0.2, 0.25) is 0 Å². The molecule has 0 aliphatic rings. The second-order valence-corrected chi connectivity index (χ2v) is 4.41. The summed E-state index contributed by atoms with van der Waals surface area (Å²) in [5, 5.41) is 10.2. The Morgan fingerprint density at radius 3 is 2.58 bits per heavy atom. The van der Waals surface area contributed by atoms with Gasteiger partial charge in [-0.05, 0) is 20.8 Å². The zero-order valence-electron chi connectivity index (χ0n) is 11.4. The van der Waals surface area contributed by atoms with E-state index >= 15 is 0 Å². The van der Waals surface area contributed by atoms with Crippen molar-refractivity contribution in [1.82, 2.24) is 15.2 Å². The predicted molar refractivity (Wildman–Crippen MR) is 67.7 cm³/mol. The highest BCUT2D eigenvalue weighted by Crippen LogP contribution is 2.15. The van der Waals surface area contributed by atoms with E-state index < -0.39 is 0 Å². The Balaban J connectivity index is 2.00. The number of rotatable bonds is 3. The van der Waals surface area contributed by atoms with Crippen LogP contribution < -0.4 is 5.32 Å². The second kappa shape index (κ2) is 5.13. The van der Waals surface area contributed by atoms with Crippen LogP contribution >= 0.6 is 0 Å². The molecule has 7 heteroatoms. The topological polar surface area (TPSA) is 84.4 Å². The summed E-state index contributed by atoms with van der Waals surface area (Å²) in [5.74, 6) is 1.76. The zero-order valence-corrected chi connectivity index (χ0v) is 11.4. The van der Waals surface area contributed by atoms with Crippen LogP contribution in [0.15, 0.2) is 15.1 Å². The molecule has 19 heavy (non-hydrogen) atoms. The molecule has 0 bridgehead atoms. The fraction of sp³-hybridized carbons (Fsp3) is 0.417. The van der Waals surface area contributed by atoms with Crippen LogP contribution in [0.25, 0.3) is 0 Å². The van der Waals surface area contributed by atoms with Gasteiger partial charge in [-0.3, -0.25) is 5.32 Å². The third kappa shape index (κ3) is 2.93. The maximum absolute atomic E-state index is 12.0. The smallest absolute Gasteiger partial charge is 0.323 e. The Morgan fingerprint density at radius 2 is 2.05 bits per heavy atom. The molecule has 2 aromatic rings. The third-order valence-corrected chi connectivity index (χ3v) is 2.79. The van der Waals surface area contributed by atoms with E-state index in [0.29, 0.717) is 18.1 Å². The van der Waals surface area contributed by atoms with Crippen LogP contribution in [0.5, 0.6) is 0 Å². The first kappa shape index (κ1) is 13.1. The Labute approximate surface area is 110 Å². The summed E-state index contributed by atoms with van der Waals surface area (Å²) >= 11 is 0. The van der Waals surface area contributed by atoms with Crippen LogP contribution in [0.4, 0.5) is 10.6 Å². The van der Waals surface area contributed by atoms with Gasteiger partial charge in [0.15, 0.2) is 5.82 Å². The lowest BCUT2D eigenvalue weighted by Crippen LogP contribution is -2.31. The molecular weight excluding hydrogens is 248 g/mol. The molecule has 1 N–H and O–H groups in total. The molecule has 0 radical (unpaired) electrons. The molecule has 0 atom stereocenters. The number of hydrogen-bond acceptors (Lipinski definition) is 5. The number of aryl methyl sites for hydroxylation is 3. The van der Waals surface area contributed by atoms with Gasteiger partial charge in [-0.2, -0.15) is 0 Å². The molecule has 0 saturated carbocycles. The minimum Gasteiger partial charge on any atom is -0.361 e. The summed E-state index contributed by atoms with van der Waals surface area (Å²) in [4.78, 5) is 13.5. The highest BCUT2D eigenvalue weighted by atomic mass is 16.5. The minimum absolute atomic E-state index is 0.270. The molecule has 2 amide bonds. The first-order chi connectivity index (χ1) is 8.97. The Morgan fingerprint density at radius 1 is 1.32 bits per heavy atom. The molecule has 102 valence electrons. The lowest BCUT2D eigenvalue weighted by Gasteiger charge is -2.16. The highest BCUT2D eigenvalue weighted by Gasteiger charge is 2.16. The first-order valence-electron chi connectivity index (χ1n) is 5.84. The van der Waals surface area contributed by atoms with Crippen LogP contribution in [-0.2, 0) is 6.54 Å². The zero-order chi connectivity index (χ0) is 14.0. The van der Waals surface area contributed by atoms with Crippen LogP contribution in [0.1, 0.15) is 22.8 Å². The van der Waals surface area contributed by atoms with Gasteiger partial charge < -0.3 is 13.9 Å². The molecule has 0 spiro atoms. The van der Waals surface area contributed by atoms with Gasteiger partial charge in [-0.1, -0.05) is 10.3 Å². The molecule has 2 rings (SSSR count). The molecule has 0 unspecified atom stereocenters. The van der Waals surface area contributed by atoms with Crippen molar-refractivity contribution in [3.05, 3.63) is 28.8 Å². The summed E-state index contributed by atoms with van der Waals surface area (Å²) in [6.45, 7) is 5.85. The maximum Gasteiger partial charge on any atom is 0.323 e. The number of carbonyl (C=O) groups is 1. The van der Waals surface area contributed by atoms with Crippen molar-refractivity contribution < 1.29 is 13.8 Å². The average molecular weight is 264 g/mol. The van der Waals surface area contributed by atoms with Crippen molar-refractivity contribution in [2.45, 2.75) is 27.3 Å². The van der Waals surface area contributed by atoms with E-state index in [4.69, 9.17) is 9.05 Å². The number of aromatic nitrogens is 2. The summed E-state index contributed by atoms with van der Waals surface area (Å²) in [6.07, 6.45) is 0. The van der Waals surface area contributed by atoms with E-state index in [1.54, 1.807) is 20.0 Å². The fourth-order valence-electron chi connectivity index (χ4n) is 1.67. The van der Waals surface area contributed by atoms with Gasteiger partial charge >= 0.3 is 6.03 Å². The number of urea groups is 1. The molecule has 7 nitrogen and oxygen atoms in total. The lowest BCUT2D eigenvalue weighted by molar-refractivity contribution is 0.220. The number of nitrogens with zero attached hydrogens (tertiary/aromatic N) is 3. The largest absolute Gasteiger partial charge is 0.361 e. The van der Waals surface area contributed by atoms with E-state index in [-0.39, 0.29) is 6.03 Å². The van der Waals surface area contributed by atoms with E-state index in [2.05, 4.69) is 15.6 Å². The summed E-state index contributed by atoms with van der Waals surface area (Å²) < 4.78 is 9.94. The Hall–Kier alpha value is -2.31. The van der Waals surface area contributed by atoms with E-state index in [9.17, 15) is 4.79 Å². The lowest BCUT2D eigenvalue weighted by atomic mass is 10.2. The van der Waals surface area contributed by atoms with Gasteiger partial charge in [0.05, 0.1) is 12.2 Å². The first-order valence-corrected chi connectivity index (χ1v) is 5.84. The number of hydrogen-bond donors (Lipinski definition) is 1. The van der Waals surface area contributed by atoms with Gasteiger partial charge in [-0.25, -0.2) is 4.79 Å². The molecule has 0 aliphatic carbocycles. The average Bonchev–Trinajstić information content (AvgIpc) is 2.89. The Kier molecular flexibility index (Phi) is 3.55. The van der Waals surface area contributed by atoms with Crippen molar-refractivity contribution in [3.63, 3.8) is 0 Å². The molecule has 0 fully saturated rings. The number of nitrogens with one attached hydrogen (secondary N) is 1. The third-order valence-electron chi connectivity index (χ3n) is 2.79. The number of amides is 2. The number of anilines is 1. The summed E-state index contributed by atoms with van der Waals surface area (Å²) in [6, 6.07) is 1.38. The van der Waals surface area contributed by atoms with Crippen molar-refractivity contribution in [1.29, 1.82) is 0 Å². The van der Waals surface area contributed by atoms with Crippen molar-refractivity contribution in [2.75, 3.05) is 12.4 Å². The second-order valence-electron chi connectivity index (χ2n) is 4.41. The van der Waals surface area contributed by atoms with E-state index in [1.807, 2.05) is 13.8 Å². The Bertz CT molecular complexity index is 568. The highest BCUT2D eigenvalue weighted by molar-refractivity contribution is 5.88. The summed E-state index contributed by atoms with van der Waals surface area (Å²) in [7, 11) is 1.69. The van der Waals surface area contributed by atoms with E-state index in [0.717, 1.165) is 17.0 Å². The van der Waals surface area contributed by atoms with Gasteiger partial charge in [0.2, 0.25) is 0 Å². The van der Waals surface area contributed by atoms with Gasteiger partial charge in [0.25, 0.3) is 0 Å². The van der Waals surface area contributed by atoms with Crippen molar-refractivity contribution in [2.24, 2.45) is 0 Å². The molecule has 0 saturated heterocycles. The summed E-state index contributed by atoms with van der Waals surface area (Å²) in [5.41, 5.74) is 1.70. The van der Waals surface area contributed by atoms with Gasteiger partial charge in [0, 0.05) is 18.7 Å². The quantitative estimate of drug-likeness (QED) is 0.919.